The van der Waals surface area contributed by atoms with Crippen molar-refractivity contribution in [2.75, 3.05) is 32.5 Å². The van der Waals surface area contributed by atoms with Crippen LogP contribution in [-0.2, 0) is 4.79 Å². The van der Waals surface area contributed by atoms with Crippen LogP contribution in [0.3, 0.4) is 0 Å². The summed E-state index contributed by atoms with van der Waals surface area (Å²) in [5.74, 6) is 0.639. The molecule has 0 bridgehead atoms. The molecule has 0 saturated carbocycles. The van der Waals surface area contributed by atoms with Gasteiger partial charge in [0.05, 0.1) is 18.7 Å². The van der Waals surface area contributed by atoms with Crippen molar-refractivity contribution in [3.8, 4) is 5.75 Å². The van der Waals surface area contributed by atoms with Gasteiger partial charge in [0.15, 0.2) is 0 Å². The quantitative estimate of drug-likeness (QED) is 0.539. The third-order valence-corrected chi connectivity index (χ3v) is 3.40. The highest BCUT2D eigenvalue weighted by Gasteiger charge is 2.05. The summed E-state index contributed by atoms with van der Waals surface area (Å²) in [7, 11) is 2.09. The number of rotatable bonds is 9. The lowest BCUT2D eigenvalue weighted by atomic mass is 10.3. The van der Waals surface area contributed by atoms with E-state index < -0.39 is 0 Å². The molecule has 0 aliphatic carbocycles. The van der Waals surface area contributed by atoms with Gasteiger partial charge >= 0.3 is 0 Å². The van der Waals surface area contributed by atoms with Gasteiger partial charge in [-0.1, -0.05) is 12.1 Å². The molecular weight excluding hydrogens is 266 g/mol. The lowest BCUT2D eigenvalue weighted by Gasteiger charge is -2.20. The molecule has 21 heavy (non-hydrogen) atoms. The van der Waals surface area contributed by atoms with E-state index >= 15 is 0 Å². The second-order valence-electron chi connectivity index (χ2n) is 5.41. The fourth-order valence-electron chi connectivity index (χ4n) is 1.77. The highest BCUT2D eigenvalue weighted by Crippen LogP contribution is 2.19. The highest BCUT2D eigenvalue weighted by atomic mass is 16.5. The van der Waals surface area contributed by atoms with Crippen LogP contribution in [-0.4, -0.2) is 43.6 Å². The number of benzene rings is 1. The minimum atomic E-state index is 0.0108. The first-order valence-corrected chi connectivity index (χ1v) is 7.45. The summed E-state index contributed by atoms with van der Waals surface area (Å²) in [6, 6.07) is 7.82. The monoisotopic (exact) mass is 293 g/mol. The van der Waals surface area contributed by atoms with Gasteiger partial charge in [-0.05, 0) is 46.0 Å². The molecule has 0 aliphatic heterocycles. The summed E-state index contributed by atoms with van der Waals surface area (Å²) in [5.41, 5.74) is 6.35. The molecule has 0 heterocycles. The summed E-state index contributed by atoms with van der Waals surface area (Å²) in [6.07, 6.45) is 1.29. The van der Waals surface area contributed by atoms with Gasteiger partial charge in [-0.15, -0.1) is 0 Å². The number of hydrogen-bond donors (Lipinski definition) is 2. The second kappa shape index (κ2) is 9.23. The van der Waals surface area contributed by atoms with Crippen LogP contribution in [0.4, 0.5) is 5.69 Å². The molecular formula is C16H27N3O2. The number of para-hydroxylation sites is 2. The Balaban J connectivity index is 2.11. The Bertz CT molecular complexity index is 435. The van der Waals surface area contributed by atoms with Gasteiger partial charge < -0.3 is 20.7 Å². The van der Waals surface area contributed by atoms with E-state index in [1.54, 1.807) is 12.1 Å². The van der Waals surface area contributed by atoms with Crippen LogP contribution in [0.25, 0.3) is 0 Å². The van der Waals surface area contributed by atoms with Crippen molar-refractivity contribution in [1.29, 1.82) is 0 Å². The average molecular weight is 293 g/mol. The van der Waals surface area contributed by atoms with Crippen molar-refractivity contribution in [3.63, 3.8) is 0 Å². The number of nitrogen functional groups attached to an aromatic ring is 1. The van der Waals surface area contributed by atoms with E-state index in [2.05, 4.69) is 31.1 Å². The minimum absolute atomic E-state index is 0.0108. The summed E-state index contributed by atoms with van der Waals surface area (Å²) < 4.78 is 5.49. The normalized spacial score (nSPS) is 10.9. The van der Waals surface area contributed by atoms with Gasteiger partial charge in [0.2, 0.25) is 5.91 Å². The molecule has 0 unspecified atom stereocenters. The number of amides is 1. The van der Waals surface area contributed by atoms with Crippen molar-refractivity contribution in [1.82, 2.24) is 10.2 Å². The maximum atomic E-state index is 11.7. The summed E-state index contributed by atoms with van der Waals surface area (Å²) in [5, 5.41) is 2.90. The van der Waals surface area contributed by atoms with Crippen LogP contribution in [0.15, 0.2) is 24.3 Å². The number of nitrogens with two attached hydrogens (primary N) is 1. The molecule has 0 spiro atoms. The maximum absolute atomic E-state index is 11.7. The van der Waals surface area contributed by atoms with Crippen LogP contribution in [0.2, 0.25) is 0 Å². The van der Waals surface area contributed by atoms with Crippen molar-refractivity contribution in [3.05, 3.63) is 24.3 Å². The second-order valence-corrected chi connectivity index (χ2v) is 5.41. The van der Waals surface area contributed by atoms with Crippen molar-refractivity contribution in [2.24, 2.45) is 0 Å². The molecule has 5 heteroatoms. The van der Waals surface area contributed by atoms with Gasteiger partial charge in [0.1, 0.15) is 5.75 Å². The lowest BCUT2D eigenvalue weighted by molar-refractivity contribution is -0.121. The van der Waals surface area contributed by atoms with Gasteiger partial charge in [0.25, 0.3) is 0 Å². The first kappa shape index (κ1) is 17.3. The van der Waals surface area contributed by atoms with E-state index in [-0.39, 0.29) is 5.91 Å². The minimum Gasteiger partial charge on any atom is -0.491 e. The fraction of sp³-hybridized carbons (Fsp3) is 0.562. The number of carbonyl (C=O) groups excluding carboxylic acids is 1. The third-order valence-electron chi connectivity index (χ3n) is 3.40. The van der Waals surface area contributed by atoms with E-state index in [0.29, 0.717) is 37.1 Å². The number of nitrogens with one attached hydrogen (secondary N) is 1. The number of nitrogens with zero attached hydrogens (tertiary/aromatic N) is 1. The molecule has 1 aromatic carbocycles. The first-order valence-electron chi connectivity index (χ1n) is 7.45. The molecule has 0 atom stereocenters. The fourth-order valence-corrected chi connectivity index (χ4v) is 1.77. The lowest BCUT2D eigenvalue weighted by Crippen LogP contribution is -2.31. The van der Waals surface area contributed by atoms with Gasteiger partial charge in [-0.2, -0.15) is 0 Å². The van der Waals surface area contributed by atoms with Gasteiger partial charge in [-0.25, -0.2) is 0 Å². The van der Waals surface area contributed by atoms with Gasteiger partial charge in [0, 0.05) is 12.6 Å². The molecule has 3 N–H and O–H groups in total. The molecule has 5 nitrogen and oxygen atoms in total. The first-order chi connectivity index (χ1) is 10.0. The molecule has 0 aromatic heterocycles. The van der Waals surface area contributed by atoms with Crippen LogP contribution in [0.1, 0.15) is 26.7 Å². The zero-order chi connectivity index (χ0) is 15.7. The van der Waals surface area contributed by atoms with E-state index in [9.17, 15) is 4.79 Å². The molecule has 1 amide bonds. The summed E-state index contributed by atoms with van der Waals surface area (Å²) in [6.45, 7) is 6.33. The molecule has 0 saturated heterocycles. The highest BCUT2D eigenvalue weighted by molar-refractivity contribution is 5.75. The molecule has 118 valence electrons. The predicted octanol–water partition coefficient (Wildman–Crippen LogP) is 1.88. The Morgan fingerprint density at radius 2 is 2.10 bits per heavy atom. The number of hydrogen-bond acceptors (Lipinski definition) is 4. The van der Waals surface area contributed by atoms with Crippen molar-refractivity contribution in [2.45, 2.75) is 32.7 Å². The Labute approximate surface area is 127 Å². The molecule has 0 fully saturated rings. The standard InChI is InChI=1S/C16H27N3O2/c1-13(2)19(3)11-6-10-18-16(20)9-12-21-15-8-5-4-7-14(15)17/h4-5,7-8,13H,6,9-12,17H2,1-3H3,(H,18,20). The van der Waals surface area contributed by atoms with E-state index in [0.717, 1.165) is 13.0 Å². The van der Waals surface area contributed by atoms with E-state index in [4.69, 9.17) is 10.5 Å². The third kappa shape index (κ3) is 6.99. The van der Waals surface area contributed by atoms with Crippen LogP contribution >= 0.6 is 0 Å². The zero-order valence-electron chi connectivity index (χ0n) is 13.3. The predicted molar refractivity (Wildman–Crippen MR) is 86.4 cm³/mol. The largest absolute Gasteiger partial charge is 0.491 e. The van der Waals surface area contributed by atoms with Crippen LogP contribution in [0.5, 0.6) is 5.75 Å². The zero-order valence-corrected chi connectivity index (χ0v) is 13.3. The van der Waals surface area contributed by atoms with Crippen molar-refractivity contribution < 1.29 is 9.53 Å². The number of anilines is 1. The number of carbonyl (C=O) groups is 1. The SMILES string of the molecule is CC(C)N(C)CCCNC(=O)CCOc1ccccc1N. The van der Waals surface area contributed by atoms with E-state index in [1.165, 1.54) is 0 Å². The maximum Gasteiger partial charge on any atom is 0.223 e. The molecule has 0 aliphatic rings. The molecule has 0 radical (unpaired) electrons. The molecule has 1 rings (SSSR count). The topological polar surface area (TPSA) is 67.6 Å². The number of ether oxygens (including phenoxy) is 1. The summed E-state index contributed by atoms with van der Waals surface area (Å²) in [4.78, 5) is 13.9. The van der Waals surface area contributed by atoms with Crippen LogP contribution < -0.4 is 15.8 Å². The summed E-state index contributed by atoms with van der Waals surface area (Å²) >= 11 is 0. The molecule has 1 aromatic rings. The van der Waals surface area contributed by atoms with Gasteiger partial charge in [-0.3, -0.25) is 4.79 Å². The smallest absolute Gasteiger partial charge is 0.223 e. The average Bonchev–Trinajstić information content (AvgIpc) is 2.45. The van der Waals surface area contributed by atoms with Crippen molar-refractivity contribution >= 4 is 11.6 Å². The van der Waals surface area contributed by atoms with E-state index in [1.807, 2.05) is 12.1 Å². The Hall–Kier alpha value is -1.75. The Kier molecular flexibility index (Phi) is 7.61. The Morgan fingerprint density at radius 3 is 2.76 bits per heavy atom. The van der Waals surface area contributed by atoms with Crippen LogP contribution in [0, 0.1) is 0 Å². The Morgan fingerprint density at radius 1 is 1.38 bits per heavy atom.